The number of aromatic nitrogens is 2. The molecule has 0 saturated carbocycles. The van der Waals surface area contributed by atoms with Crippen LogP contribution in [0.4, 0.5) is 11.4 Å². The van der Waals surface area contributed by atoms with Gasteiger partial charge in [0.2, 0.25) is 0 Å². The van der Waals surface area contributed by atoms with Crippen molar-refractivity contribution in [3.63, 3.8) is 0 Å². The summed E-state index contributed by atoms with van der Waals surface area (Å²) in [6, 6.07) is 10.8. The SMILES string of the molecule is Nc1cnccc1NC(=O)c1ccc2ncccc2c1. The van der Waals surface area contributed by atoms with Crippen molar-refractivity contribution in [2.75, 3.05) is 11.1 Å². The molecule has 98 valence electrons. The van der Waals surface area contributed by atoms with Crippen molar-refractivity contribution in [1.29, 1.82) is 0 Å². The van der Waals surface area contributed by atoms with Crippen LogP contribution in [0.3, 0.4) is 0 Å². The van der Waals surface area contributed by atoms with Gasteiger partial charge >= 0.3 is 0 Å². The Morgan fingerprint density at radius 2 is 2.05 bits per heavy atom. The van der Waals surface area contributed by atoms with Crippen molar-refractivity contribution in [3.8, 4) is 0 Å². The van der Waals surface area contributed by atoms with Crippen molar-refractivity contribution in [2.24, 2.45) is 0 Å². The molecule has 0 atom stereocenters. The zero-order chi connectivity index (χ0) is 13.9. The zero-order valence-corrected chi connectivity index (χ0v) is 10.6. The monoisotopic (exact) mass is 264 g/mol. The van der Waals surface area contributed by atoms with E-state index in [1.807, 2.05) is 18.2 Å². The number of fused-ring (bicyclic) bond motifs is 1. The summed E-state index contributed by atoms with van der Waals surface area (Å²) < 4.78 is 0. The largest absolute Gasteiger partial charge is 0.396 e. The highest BCUT2D eigenvalue weighted by Gasteiger charge is 2.08. The predicted octanol–water partition coefficient (Wildman–Crippen LogP) is 2.46. The molecular formula is C15H12N4O. The first-order valence-corrected chi connectivity index (χ1v) is 6.10. The predicted molar refractivity (Wildman–Crippen MR) is 78.3 cm³/mol. The van der Waals surface area contributed by atoms with Gasteiger partial charge < -0.3 is 11.1 Å². The molecule has 0 spiro atoms. The van der Waals surface area contributed by atoms with Gasteiger partial charge in [-0.15, -0.1) is 0 Å². The molecule has 0 saturated heterocycles. The van der Waals surface area contributed by atoms with E-state index in [1.54, 1.807) is 30.6 Å². The van der Waals surface area contributed by atoms with Gasteiger partial charge in [-0.3, -0.25) is 14.8 Å². The molecule has 3 rings (SSSR count). The van der Waals surface area contributed by atoms with Crippen LogP contribution in [0, 0.1) is 0 Å². The quantitative estimate of drug-likeness (QED) is 0.745. The average Bonchev–Trinajstić information content (AvgIpc) is 2.49. The van der Waals surface area contributed by atoms with Crippen LogP contribution < -0.4 is 11.1 Å². The Balaban J connectivity index is 1.91. The van der Waals surface area contributed by atoms with Crippen molar-refractivity contribution in [2.45, 2.75) is 0 Å². The summed E-state index contributed by atoms with van der Waals surface area (Å²) in [6.45, 7) is 0. The number of nitrogens with one attached hydrogen (secondary N) is 1. The maximum atomic E-state index is 12.2. The molecular weight excluding hydrogens is 252 g/mol. The van der Waals surface area contributed by atoms with Crippen molar-refractivity contribution in [3.05, 3.63) is 60.6 Å². The summed E-state index contributed by atoms with van der Waals surface area (Å²) in [5.74, 6) is -0.214. The number of carbonyl (C=O) groups is 1. The molecule has 0 bridgehead atoms. The highest BCUT2D eigenvalue weighted by Crippen LogP contribution is 2.18. The number of amides is 1. The fourth-order valence-corrected chi connectivity index (χ4v) is 1.93. The van der Waals surface area contributed by atoms with E-state index >= 15 is 0 Å². The summed E-state index contributed by atoms with van der Waals surface area (Å²) in [5.41, 5.74) is 8.15. The van der Waals surface area contributed by atoms with Crippen LogP contribution in [0.2, 0.25) is 0 Å². The van der Waals surface area contributed by atoms with Crippen molar-refractivity contribution in [1.82, 2.24) is 9.97 Å². The Morgan fingerprint density at radius 1 is 1.15 bits per heavy atom. The van der Waals surface area contributed by atoms with E-state index in [4.69, 9.17) is 5.73 Å². The molecule has 3 N–H and O–H groups in total. The number of nitrogen functional groups attached to an aromatic ring is 1. The first-order valence-electron chi connectivity index (χ1n) is 6.10. The number of benzene rings is 1. The third-order valence-corrected chi connectivity index (χ3v) is 2.97. The van der Waals surface area contributed by atoms with Crippen LogP contribution in [-0.4, -0.2) is 15.9 Å². The lowest BCUT2D eigenvalue weighted by atomic mass is 10.1. The number of anilines is 2. The second-order valence-electron chi connectivity index (χ2n) is 4.33. The number of hydrogen-bond donors (Lipinski definition) is 2. The Labute approximate surface area is 115 Å². The van der Waals surface area contributed by atoms with E-state index in [9.17, 15) is 4.79 Å². The fraction of sp³-hybridized carbons (Fsp3) is 0. The van der Waals surface area contributed by atoms with E-state index in [0.717, 1.165) is 10.9 Å². The Hall–Kier alpha value is -2.95. The summed E-state index contributed by atoms with van der Waals surface area (Å²) >= 11 is 0. The molecule has 0 radical (unpaired) electrons. The molecule has 0 aliphatic rings. The molecule has 20 heavy (non-hydrogen) atoms. The van der Waals surface area contributed by atoms with Crippen LogP contribution >= 0.6 is 0 Å². The third-order valence-electron chi connectivity index (χ3n) is 2.97. The normalized spacial score (nSPS) is 10.4. The smallest absolute Gasteiger partial charge is 0.255 e. The van der Waals surface area contributed by atoms with Gasteiger partial charge in [-0.2, -0.15) is 0 Å². The van der Waals surface area contributed by atoms with Gasteiger partial charge in [-0.1, -0.05) is 6.07 Å². The number of pyridine rings is 2. The second kappa shape index (κ2) is 4.97. The molecule has 0 unspecified atom stereocenters. The minimum Gasteiger partial charge on any atom is -0.396 e. The summed E-state index contributed by atoms with van der Waals surface area (Å²) in [4.78, 5) is 20.3. The van der Waals surface area contributed by atoms with Gasteiger partial charge in [0, 0.05) is 23.3 Å². The number of carbonyl (C=O) groups excluding carboxylic acids is 1. The third kappa shape index (κ3) is 2.29. The van der Waals surface area contributed by atoms with E-state index in [-0.39, 0.29) is 5.91 Å². The van der Waals surface area contributed by atoms with Gasteiger partial charge in [-0.05, 0) is 30.3 Å². The van der Waals surface area contributed by atoms with Gasteiger partial charge in [-0.25, -0.2) is 0 Å². The maximum absolute atomic E-state index is 12.2. The summed E-state index contributed by atoms with van der Waals surface area (Å²) in [7, 11) is 0. The van der Waals surface area contributed by atoms with Gasteiger partial charge in [0.25, 0.3) is 5.91 Å². The van der Waals surface area contributed by atoms with E-state index in [0.29, 0.717) is 16.9 Å². The van der Waals surface area contributed by atoms with E-state index < -0.39 is 0 Å². The molecule has 2 heterocycles. The average molecular weight is 264 g/mol. The molecule has 1 amide bonds. The van der Waals surface area contributed by atoms with Crippen molar-refractivity contribution >= 4 is 28.2 Å². The van der Waals surface area contributed by atoms with E-state index in [2.05, 4.69) is 15.3 Å². The first kappa shape index (κ1) is 12.1. The molecule has 1 aromatic carbocycles. The second-order valence-corrected chi connectivity index (χ2v) is 4.33. The molecule has 0 aliphatic heterocycles. The van der Waals surface area contributed by atoms with Crippen LogP contribution in [0.15, 0.2) is 55.0 Å². The van der Waals surface area contributed by atoms with Crippen LogP contribution in [0.5, 0.6) is 0 Å². The fourth-order valence-electron chi connectivity index (χ4n) is 1.93. The van der Waals surface area contributed by atoms with Crippen LogP contribution in [-0.2, 0) is 0 Å². The van der Waals surface area contributed by atoms with Crippen LogP contribution in [0.25, 0.3) is 10.9 Å². The highest BCUT2D eigenvalue weighted by atomic mass is 16.1. The lowest BCUT2D eigenvalue weighted by Crippen LogP contribution is -2.13. The summed E-state index contributed by atoms with van der Waals surface area (Å²) in [5, 5.41) is 3.69. The van der Waals surface area contributed by atoms with Gasteiger partial charge in [0.05, 0.1) is 23.1 Å². The summed E-state index contributed by atoms with van der Waals surface area (Å²) in [6.07, 6.45) is 4.80. The minimum atomic E-state index is -0.214. The lowest BCUT2D eigenvalue weighted by molar-refractivity contribution is 0.102. The lowest BCUT2D eigenvalue weighted by Gasteiger charge is -2.08. The molecule has 5 heteroatoms. The molecule has 2 aromatic heterocycles. The number of hydrogen-bond acceptors (Lipinski definition) is 4. The van der Waals surface area contributed by atoms with Gasteiger partial charge in [0.15, 0.2) is 0 Å². The maximum Gasteiger partial charge on any atom is 0.255 e. The standard InChI is InChI=1S/C15H12N4O/c16-12-9-17-7-5-14(12)19-15(20)11-3-4-13-10(8-11)2-1-6-18-13/h1-9H,16H2,(H,17,19,20). The number of rotatable bonds is 2. The van der Waals surface area contributed by atoms with Crippen LogP contribution in [0.1, 0.15) is 10.4 Å². The Morgan fingerprint density at radius 3 is 2.90 bits per heavy atom. The first-order chi connectivity index (χ1) is 9.74. The zero-order valence-electron chi connectivity index (χ0n) is 10.6. The Kier molecular flexibility index (Phi) is 3.01. The van der Waals surface area contributed by atoms with Gasteiger partial charge in [0.1, 0.15) is 0 Å². The van der Waals surface area contributed by atoms with Crippen molar-refractivity contribution < 1.29 is 4.79 Å². The molecule has 3 aromatic rings. The Bertz CT molecular complexity index is 785. The number of nitrogens with zero attached hydrogens (tertiary/aromatic N) is 2. The highest BCUT2D eigenvalue weighted by molar-refractivity contribution is 6.07. The topological polar surface area (TPSA) is 80.9 Å². The molecule has 0 fully saturated rings. The number of nitrogens with two attached hydrogens (primary N) is 1. The minimum absolute atomic E-state index is 0.214. The molecule has 0 aliphatic carbocycles. The molecule has 5 nitrogen and oxygen atoms in total. The van der Waals surface area contributed by atoms with E-state index in [1.165, 1.54) is 6.20 Å².